The summed E-state index contributed by atoms with van der Waals surface area (Å²) in [7, 11) is 0. The highest BCUT2D eigenvalue weighted by atomic mass is 16.2. The fourth-order valence-corrected chi connectivity index (χ4v) is 2.64. The number of carbonyl (C=O) groups is 1. The number of rotatable bonds is 2. The molecule has 1 aliphatic rings. The molecule has 0 unspecified atom stereocenters. The minimum atomic E-state index is 0.0802. The van der Waals surface area contributed by atoms with Gasteiger partial charge in [0.05, 0.1) is 12.6 Å². The second-order valence-electron chi connectivity index (χ2n) is 5.12. The van der Waals surface area contributed by atoms with E-state index in [0.717, 1.165) is 5.69 Å². The summed E-state index contributed by atoms with van der Waals surface area (Å²) in [5.41, 5.74) is 3.39. The first-order valence-electron chi connectivity index (χ1n) is 6.92. The zero-order valence-corrected chi connectivity index (χ0v) is 11.5. The first-order valence-corrected chi connectivity index (χ1v) is 6.92. The Morgan fingerprint density at radius 1 is 1.05 bits per heavy atom. The number of anilines is 1. The normalized spacial score (nSPS) is 16.1. The molecule has 2 aromatic carbocycles. The average Bonchev–Trinajstić information content (AvgIpc) is 2.67. The molecule has 0 bridgehead atoms. The van der Waals surface area contributed by atoms with Crippen molar-refractivity contribution in [2.75, 3.05) is 11.9 Å². The lowest BCUT2D eigenvalue weighted by atomic mass is 10.1. The van der Waals surface area contributed by atoms with Gasteiger partial charge in [-0.25, -0.2) is 0 Å². The van der Waals surface area contributed by atoms with Gasteiger partial charge in [-0.1, -0.05) is 48.5 Å². The molecule has 102 valence electrons. The van der Waals surface area contributed by atoms with Crippen molar-refractivity contribution in [3.8, 4) is 0 Å². The molecule has 1 amide bonds. The van der Waals surface area contributed by atoms with Crippen LogP contribution in [0.3, 0.4) is 0 Å². The number of para-hydroxylation sites is 1. The Hall–Kier alpha value is -2.29. The molecule has 1 N–H and O–H groups in total. The van der Waals surface area contributed by atoms with Gasteiger partial charge in [0.2, 0.25) is 5.91 Å². The second-order valence-corrected chi connectivity index (χ2v) is 5.12. The van der Waals surface area contributed by atoms with E-state index < -0.39 is 0 Å². The summed E-state index contributed by atoms with van der Waals surface area (Å²) in [6, 6.07) is 18.4. The van der Waals surface area contributed by atoms with Gasteiger partial charge in [-0.15, -0.1) is 0 Å². The van der Waals surface area contributed by atoms with Crippen LogP contribution in [0.2, 0.25) is 0 Å². The predicted molar refractivity (Wildman–Crippen MR) is 80.3 cm³/mol. The molecule has 0 aromatic heterocycles. The fourth-order valence-electron chi connectivity index (χ4n) is 2.64. The Morgan fingerprint density at radius 3 is 2.55 bits per heavy atom. The van der Waals surface area contributed by atoms with E-state index in [0.29, 0.717) is 13.1 Å². The molecule has 0 fully saturated rings. The zero-order chi connectivity index (χ0) is 13.9. The SMILES string of the molecule is C[C@@H](c1ccccc1)N1Cc2ccccc2NCC1=O. The number of nitrogens with one attached hydrogen (secondary N) is 1. The molecule has 2 aromatic rings. The first-order chi connectivity index (χ1) is 9.75. The smallest absolute Gasteiger partial charge is 0.242 e. The highest BCUT2D eigenvalue weighted by Gasteiger charge is 2.24. The van der Waals surface area contributed by atoms with Crippen LogP contribution in [-0.2, 0) is 11.3 Å². The molecule has 3 rings (SSSR count). The van der Waals surface area contributed by atoms with Crippen molar-refractivity contribution in [1.82, 2.24) is 4.90 Å². The minimum absolute atomic E-state index is 0.0802. The van der Waals surface area contributed by atoms with Crippen molar-refractivity contribution in [2.45, 2.75) is 19.5 Å². The van der Waals surface area contributed by atoms with E-state index in [2.05, 4.69) is 30.4 Å². The van der Waals surface area contributed by atoms with E-state index in [9.17, 15) is 4.79 Å². The standard InChI is InChI=1S/C17H18N2O/c1-13(14-7-3-2-4-8-14)19-12-15-9-5-6-10-16(15)18-11-17(19)20/h2-10,13,18H,11-12H2,1H3/t13-/m0/s1. The van der Waals surface area contributed by atoms with Crippen LogP contribution in [0, 0.1) is 0 Å². The van der Waals surface area contributed by atoms with Crippen LogP contribution in [0.1, 0.15) is 24.1 Å². The molecule has 0 spiro atoms. The van der Waals surface area contributed by atoms with Crippen LogP contribution in [0.25, 0.3) is 0 Å². The van der Waals surface area contributed by atoms with E-state index >= 15 is 0 Å². The van der Waals surface area contributed by atoms with E-state index in [1.54, 1.807) is 0 Å². The van der Waals surface area contributed by atoms with Crippen molar-refractivity contribution in [3.63, 3.8) is 0 Å². The lowest BCUT2D eigenvalue weighted by Crippen LogP contribution is -2.35. The molecule has 3 nitrogen and oxygen atoms in total. The summed E-state index contributed by atoms with van der Waals surface area (Å²) in [6.45, 7) is 3.09. The number of amides is 1. The van der Waals surface area contributed by atoms with Gasteiger partial charge in [-0.05, 0) is 24.1 Å². The summed E-state index contributed by atoms with van der Waals surface area (Å²) in [6.07, 6.45) is 0. The third-order valence-corrected chi connectivity index (χ3v) is 3.86. The van der Waals surface area contributed by atoms with Crippen LogP contribution < -0.4 is 5.32 Å². The molecule has 0 aliphatic carbocycles. The molecule has 20 heavy (non-hydrogen) atoms. The zero-order valence-electron chi connectivity index (χ0n) is 11.5. The molecular weight excluding hydrogens is 248 g/mol. The van der Waals surface area contributed by atoms with Crippen molar-refractivity contribution >= 4 is 11.6 Å². The van der Waals surface area contributed by atoms with Crippen LogP contribution in [0.4, 0.5) is 5.69 Å². The van der Waals surface area contributed by atoms with Crippen molar-refractivity contribution in [1.29, 1.82) is 0 Å². The van der Waals surface area contributed by atoms with Crippen molar-refractivity contribution < 1.29 is 4.79 Å². The Balaban J connectivity index is 1.91. The molecule has 0 saturated carbocycles. The van der Waals surface area contributed by atoms with Crippen LogP contribution >= 0.6 is 0 Å². The molecule has 1 aliphatic heterocycles. The maximum absolute atomic E-state index is 12.4. The average molecular weight is 266 g/mol. The van der Waals surface area contributed by atoms with Gasteiger partial charge in [0.1, 0.15) is 0 Å². The van der Waals surface area contributed by atoms with Crippen molar-refractivity contribution in [3.05, 3.63) is 65.7 Å². The molecule has 0 radical (unpaired) electrons. The Bertz CT molecular complexity index is 609. The maximum Gasteiger partial charge on any atom is 0.242 e. The van der Waals surface area contributed by atoms with Gasteiger partial charge in [-0.2, -0.15) is 0 Å². The van der Waals surface area contributed by atoms with Crippen LogP contribution in [-0.4, -0.2) is 17.4 Å². The van der Waals surface area contributed by atoms with Gasteiger partial charge >= 0.3 is 0 Å². The number of carbonyl (C=O) groups excluding carboxylic acids is 1. The summed E-state index contributed by atoms with van der Waals surface area (Å²) in [5, 5.41) is 3.22. The van der Waals surface area contributed by atoms with Gasteiger partial charge in [-0.3, -0.25) is 4.79 Å². The van der Waals surface area contributed by atoms with Crippen LogP contribution in [0.15, 0.2) is 54.6 Å². The first kappa shape index (κ1) is 12.7. The quantitative estimate of drug-likeness (QED) is 0.905. The van der Waals surface area contributed by atoms with Gasteiger partial charge in [0.25, 0.3) is 0 Å². The monoisotopic (exact) mass is 266 g/mol. The van der Waals surface area contributed by atoms with Crippen LogP contribution in [0.5, 0.6) is 0 Å². The third kappa shape index (κ3) is 2.39. The number of hydrogen-bond acceptors (Lipinski definition) is 2. The largest absolute Gasteiger partial charge is 0.376 e. The predicted octanol–water partition coefficient (Wildman–Crippen LogP) is 3.20. The number of nitrogens with zero attached hydrogens (tertiary/aromatic N) is 1. The Labute approximate surface area is 119 Å². The van der Waals surface area contributed by atoms with Gasteiger partial charge in [0.15, 0.2) is 0 Å². The van der Waals surface area contributed by atoms with E-state index in [4.69, 9.17) is 0 Å². The topological polar surface area (TPSA) is 32.3 Å². The number of fused-ring (bicyclic) bond motifs is 1. The molecule has 3 heteroatoms. The number of hydrogen-bond donors (Lipinski definition) is 1. The Morgan fingerprint density at radius 2 is 1.75 bits per heavy atom. The lowest BCUT2D eigenvalue weighted by Gasteiger charge is -2.28. The summed E-state index contributed by atoms with van der Waals surface area (Å²) < 4.78 is 0. The highest BCUT2D eigenvalue weighted by molar-refractivity contribution is 5.83. The number of benzene rings is 2. The molecule has 1 atom stereocenters. The Kier molecular flexibility index (Phi) is 3.42. The molecule has 1 heterocycles. The lowest BCUT2D eigenvalue weighted by molar-refractivity contribution is -0.131. The molecule has 0 saturated heterocycles. The summed E-state index contributed by atoms with van der Waals surface area (Å²) in [4.78, 5) is 14.3. The summed E-state index contributed by atoms with van der Waals surface area (Å²) >= 11 is 0. The van der Waals surface area contributed by atoms with Gasteiger partial charge < -0.3 is 10.2 Å². The van der Waals surface area contributed by atoms with E-state index in [1.807, 2.05) is 41.3 Å². The third-order valence-electron chi connectivity index (χ3n) is 3.86. The molecular formula is C17H18N2O. The fraction of sp³-hybridized carbons (Fsp3) is 0.235. The second kappa shape index (κ2) is 5.37. The van der Waals surface area contributed by atoms with E-state index in [1.165, 1.54) is 11.1 Å². The van der Waals surface area contributed by atoms with Gasteiger partial charge in [0, 0.05) is 12.2 Å². The van der Waals surface area contributed by atoms with Crippen molar-refractivity contribution in [2.24, 2.45) is 0 Å². The summed E-state index contributed by atoms with van der Waals surface area (Å²) in [5.74, 6) is 0.137. The maximum atomic E-state index is 12.4. The minimum Gasteiger partial charge on any atom is -0.376 e. The van der Waals surface area contributed by atoms with E-state index in [-0.39, 0.29) is 11.9 Å². The highest BCUT2D eigenvalue weighted by Crippen LogP contribution is 2.27.